The van der Waals surface area contributed by atoms with Crippen LogP contribution in [-0.4, -0.2) is 43.9 Å². The van der Waals surface area contributed by atoms with E-state index in [1.165, 1.54) is 0 Å². The number of rotatable bonds is 9. The first-order chi connectivity index (χ1) is 10.5. The fourth-order valence-electron chi connectivity index (χ4n) is 1.64. The SMILES string of the molecule is COc1ccccc1OCC(C)CNC(=O)NCCC(=O)O. The fraction of sp³-hybridized carbons (Fsp3) is 0.467. The monoisotopic (exact) mass is 310 g/mol. The summed E-state index contributed by atoms with van der Waals surface area (Å²) in [5.41, 5.74) is 0. The highest BCUT2D eigenvalue weighted by Gasteiger charge is 2.08. The lowest BCUT2D eigenvalue weighted by molar-refractivity contribution is -0.136. The van der Waals surface area contributed by atoms with Crippen molar-refractivity contribution in [1.82, 2.24) is 10.6 Å². The molecule has 0 radical (unpaired) electrons. The van der Waals surface area contributed by atoms with Crippen LogP contribution in [0.25, 0.3) is 0 Å². The Morgan fingerprint density at radius 3 is 2.55 bits per heavy atom. The van der Waals surface area contributed by atoms with Crippen molar-refractivity contribution in [1.29, 1.82) is 0 Å². The average molecular weight is 310 g/mol. The molecule has 1 atom stereocenters. The molecule has 1 unspecified atom stereocenters. The Morgan fingerprint density at radius 1 is 1.23 bits per heavy atom. The average Bonchev–Trinajstić information content (AvgIpc) is 2.50. The predicted octanol–water partition coefficient (Wildman–Crippen LogP) is 1.48. The van der Waals surface area contributed by atoms with Crippen LogP contribution in [0.15, 0.2) is 24.3 Å². The van der Waals surface area contributed by atoms with E-state index in [9.17, 15) is 9.59 Å². The van der Waals surface area contributed by atoms with Gasteiger partial charge in [0.2, 0.25) is 0 Å². The van der Waals surface area contributed by atoms with Crippen molar-refractivity contribution in [3.8, 4) is 11.5 Å². The topological polar surface area (TPSA) is 96.9 Å². The summed E-state index contributed by atoms with van der Waals surface area (Å²) in [6, 6.07) is 6.96. The number of ether oxygens (including phenoxy) is 2. The van der Waals surface area contributed by atoms with Crippen LogP contribution >= 0.6 is 0 Å². The Morgan fingerprint density at radius 2 is 1.91 bits per heavy atom. The molecule has 0 bridgehead atoms. The number of carboxylic acid groups (broad SMARTS) is 1. The van der Waals surface area contributed by atoms with Gasteiger partial charge < -0.3 is 25.2 Å². The zero-order chi connectivity index (χ0) is 16.4. The molecule has 0 saturated heterocycles. The summed E-state index contributed by atoms with van der Waals surface area (Å²) in [5.74, 6) is 0.464. The van der Waals surface area contributed by atoms with Gasteiger partial charge in [-0.1, -0.05) is 19.1 Å². The van der Waals surface area contributed by atoms with Crippen molar-refractivity contribution in [2.24, 2.45) is 5.92 Å². The van der Waals surface area contributed by atoms with Gasteiger partial charge in [0.1, 0.15) is 0 Å². The predicted molar refractivity (Wildman–Crippen MR) is 81.3 cm³/mol. The van der Waals surface area contributed by atoms with E-state index in [1.54, 1.807) is 7.11 Å². The summed E-state index contributed by atoms with van der Waals surface area (Å²) in [6.07, 6.45) is -0.0973. The maximum absolute atomic E-state index is 11.4. The van der Waals surface area contributed by atoms with Crippen LogP contribution in [0.4, 0.5) is 4.79 Å². The summed E-state index contributed by atoms with van der Waals surface area (Å²) in [4.78, 5) is 21.7. The first-order valence-electron chi connectivity index (χ1n) is 7.02. The fourth-order valence-corrected chi connectivity index (χ4v) is 1.64. The highest BCUT2D eigenvalue weighted by molar-refractivity contribution is 5.74. The third kappa shape index (κ3) is 6.83. The summed E-state index contributed by atoms with van der Waals surface area (Å²) in [5, 5.41) is 13.6. The zero-order valence-electron chi connectivity index (χ0n) is 12.8. The van der Waals surface area contributed by atoms with Gasteiger partial charge in [-0.15, -0.1) is 0 Å². The van der Waals surface area contributed by atoms with E-state index in [1.807, 2.05) is 31.2 Å². The summed E-state index contributed by atoms with van der Waals surface area (Å²) in [7, 11) is 1.58. The van der Waals surface area contributed by atoms with E-state index in [4.69, 9.17) is 14.6 Å². The van der Waals surface area contributed by atoms with Gasteiger partial charge in [-0.2, -0.15) is 0 Å². The number of carboxylic acids is 1. The molecule has 1 aromatic rings. The molecule has 0 saturated carbocycles. The number of carbonyl (C=O) groups is 2. The van der Waals surface area contributed by atoms with Crippen molar-refractivity contribution >= 4 is 12.0 Å². The van der Waals surface area contributed by atoms with Crippen molar-refractivity contribution < 1.29 is 24.2 Å². The molecule has 122 valence electrons. The lowest BCUT2D eigenvalue weighted by atomic mass is 10.2. The van der Waals surface area contributed by atoms with Crippen LogP contribution in [0.5, 0.6) is 11.5 Å². The maximum Gasteiger partial charge on any atom is 0.314 e. The van der Waals surface area contributed by atoms with E-state index in [0.29, 0.717) is 24.7 Å². The second-order valence-corrected chi connectivity index (χ2v) is 4.85. The molecule has 0 spiro atoms. The van der Waals surface area contributed by atoms with Gasteiger partial charge in [-0.3, -0.25) is 4.79 Å². The molecule has 0 aliphatic carbocycles. The number of methoxy groups -OCH3 is 1. The van der Waals surface area contributed by atoms with Crippen molar-refractivity contribution in [3.05, 3.63) is 24.3 Å². The Balaban J connectivity index is 2.24. The number of amides is 2. The van der Waals surface area contributed by atoms with Crippen molar-refractivity contribution in [2.45, 2.75) is 13.3 Å². The van der Waals surface area contributed by atoms with Gasteiger partial charge in [0.25, 0.3) is 0 Å². The molecular weight excluding hydrogens is 288 g/mol. The van der Waals surface area contributed by atoms with Crippen LogP contribution < -0.4 is 20.1 Å². The normalized spacial score (nSPS) is 11.4. The van der Waals surface area contributed by atoms with Crippen LogP contribution in [0.3, 0.4) is 0 Å². The molecule has 3 N–H and O–H groups in total. The molecule has 0 fully saturated rings. The van der Waals surface area contributed by atoms with Gasteiger partial charge in [-0.05, 0) is 12.1 Å². The lowest BCUT2D eigenvalue weighted by Crippen LogP contribution is -2.39. The number of benzene rings is 1. The van der Waals surface area contributed by atoms with E-state index < -0.39 is 5.97 Å². The number of urea groups is 1. The van der Waals surface area contributed by atoms with Crippen molar-refractivity contribution in [2.75, 3.05) is 26.8 Å². The first kappa shape index (κ1) is 17.6. The molecule has 0 aliphatic rings. The van der Waals surface area contributed by atoms with Crippen molar-refractivity contribution in [3.63, 3.8) is 0 Å². The first-order valence-corrected chi connectivity index (χ1v) is 7.02. The summed E-state index contributed by atoms with van der Waals surface area (Å²) >= 11 is 0. The molecule has 0 aromatic heterocycles. The van der Waals surface area contributed by atoms with Gasteiger partial charge in [0.15, 0.2) is 11.5 Å². The van der Waals surface area contributed by atoms with E-state index in [-0.39, 0.29) is 24.9 Å². The molecule has 0 aliphatic heterocycles. The highest BCUT2D eigenvalue weighted by Crippen LogP contribution is 2.26. The van der Waals surface area contributed by atoms with E-state index in [2.05, 4.69) is 10.6 Å². The van der Waals surface area contributed by atoms with Gasteiger partial charge >= 0.3 is 12.0 Å². The van der Waals surface area contributed by atoms with Crippen LogP contribution in [0.1, 0.15) is 13.3 Å². The zero-order valence-corrected chi connectivity index (χ0v) is 12.8. The molecule has 7 nitrogen and oxygen atoms in total. The third-order valence-electron chi connectivity index (χ3n) is 2.83. The number of carbonyl (C=O) groups excluding carboxylic acids is 1. The standard InChI is InChI=1S/C15H22N2O5/c1-11(9-17-15(20)16-8-7-14(18)19)10-22-13-6-4-3-5-12(13)21-2/h3-6,11H,7-10H2,1-2H3,(H,18,19)(H2,16,17,20). The number of aliphatic carboxylic acids is 1. The van der Waals surface area contributed by atoms with Gasteiger partial charge in [-0.25, -0.2) is 4.79 Å². The minimum absolute atomic E-state index is 0.0927. The molecular formula is C15H22N2O5. The summed E-state index contributed by atoms with van der Waals surface area (Å²) in [6.45, 7) is 2.89. The molecule has 7 heteroatoms. The molecule has 0 heterocycles. The number of hydrogen-bond acceptors (Lipinski definition) is 4. The second-order valence-electron chi connectivity index (χ2n) is 4.85. The minimum atomic E-state index is -0.945. The molecule has 2 amide bonds. The molecule has 1 rings (SSSR count). The smallest absolute Gasteiger partial charge is 0.314 e. The minimum Gasteiger partial charge on any atom is -0.493 e. The number of nitrogens with one attached hydrogen (secondary N) is 2. The van der Waals surface area contributed by atoms with E-state index in [0.717, 1.165) is 0 Å². The number of hydrogen-bond donors (Lipinski definition) is 3. The maximum atomic E-state index is 11.4. The second kappa shape index (κ2) is 9.49. The quantitative estimate of drug-likeness (QED) is 0.642. The number of para-hydroxylation sites is 2. The lowest BCUT2D eigenvalue weighted by Gasteiger charge is -2.15. The summed E-state index contributed by atoms with van der Waals surface area (Å²) < 4.78 is 10.8. The Kier molecular flexibility index (Phi) is 7.60. The van der Waals surface area contributed by atoms with Crippen LogP contribution in [-0.2, 0) is 4.79 Å². The Labute approximate surface area is 129 Å². The molecule has 1 aromatic carbocycles. The third-order valence-corrected chi connectivity index (χ3v) is 2.83. The molecule has 22 heavy (non-hydrogen) atoms. The van der Waals surface area contributed by atoms with Gasteiger partial charge in [0, 0.05) is 19.0 Å². The Hall–Kier alpha value is -2.44. The van der Waals surface area contributed by atoms with Gasteiger partial charge in [0.05, 0.1) is 20.1 Å². The highest BCUT2D eigenvalue weighted by atomic mass is 16.5. The van der Waals surface area contributed by atoms with Crippen LogP contribution in [0, 0.1) is 5.92 Å². The van der Waals surface area contributed by atoms with E-state index >= 15 is 0 Å². The Bertz CT molecular complexity index is 493. The largest absolute Gasteiger partial charge is 0.493 e. The van der Waals surface area contributed by atoms with Crippen LogP contribution in [0.2, 0.25) is 0 Å².